The van der Waals surface area contributed by atoms with Crippen LogP contribution in [-0.2, 0) is 19.4 Å². The predicted octanol–water partition coefficient (Wildman–Crippen LogP) is 0.355. The van der Waals surface area contributed by atoms with E-state index < -0.39 is 27.6 Å². The number of halogens is 1. The van der Waals surface area contributed by atoms with Gasteiger partial charge < -0.3 is 20.8 Å². The van der Waals surface area contributed by atoms with Gasteiger partial charge in [-0.05, 0) is 18.2 Å². The minimum atomic E-state index is -3.46. The van der Waals surface area contributed by atoms with E-state index in [9.17, 15) is 22.4 Å². The van der Waals surface area contributed by atoms with Gasteiger partial charge in [-0.1, -0.05) is 0 Å². The fraction of sp³-hybridized carbons (Fsp3) is 0.267. The van der Waals surface area contributed by atoms with Crippen molar-refractivity contribution in [3.63, 3.8) is 0 Å². The topological polar surface area (TPSA) is 145 Å². The molecule has 0 unspecified atom stereocenters. The highest BCUT2D eigenvalue weighted by Gasteiger charge is 2.15. The van der Waals surface area contributed by atoms with Crippen LogP contribution in [0.15, 0.2) is 40.2 Å². The minimum absolute atomic E-state index is 0.0407. The standard InChI is InChI=1S/C11H14FN3O2S.C4H4O4/c1-18(16,17)10-6-8(12)2-3-9(10)15-7-11-13-4-5-14-11;5-3(6)1-2-4(7)8/h2-3,6,15H,4-5,7H2,1H3,(H,13,14);1-2H,(H,5,6)(H,7,8). The lowest BCUT2D eigenvalue weighted by molar-refractivity contribution is -0.134. The Balaban J connectivity index is 0.000000359. The first-order chi connectivity index (χ1) is 12.1. The Labute approximate surface area is 149 Å². The number of nitrogens with one attached hydrogen (secondary N) is 2. The first-order valence-corrected chi connectivity index (χ1v) is 9.13. The number of carbonyl (C=O) groups is 2. The normalized spacial score (nSPS) is 13.4. The van der Waals surface area contributed by atoms with Gasteiger partial charge in [-0.3, -0.25) is 4.99 Å². The summed E-state index contributed by atoms with van der Waals surface area (Å²) in [6.45, 7) is 1.91. The molecule has 1 aliphatic rings. The van der Waals surface area contributed by atoms with Crippen molar-refractivity contribution in [2.75, 3.05) is 31.2 Å². The lowest BCUT2D eigenvalue weighted by Crippen LogP contribution is -2.26. The Bertz CT molecular complexity index is 820. The maximum Gasteiger partial charge on any atom is 0.328 e. The molecule has 9 nitrogen and oxygen atoms in total. The highest BCUT2D eigenvalue weighted by atomic mass is 32.2. The van der Waals surface area contributed by atoms with Crippen LogP contribution in [0, 0.1) is 5.82 Å². The largest absolute Gasteiger partial charge is 0.478 e. The van der Waals surface area contributed by atoms with Crippen molar-refractivity contribution in [3.8, 4) is 0 Å². The van der Waals surface area contributed by atoms with Gasteiger partial charge in [-0.25, -0.2) is 22.4 Å². The number of amidine groups is 1. The Morgan fingerprint density at radius 2 is 1.92 bits per heavy atom. The molecule has 1 aromatic carbocycles. The fourth-order valence-corrected chi connectivity index (χ4v) is 2.70. The molecular formula is C15H18FN3O6S. The smallest absolute Gasteiger partial charge is 0.328 e. The molecule has 0 atom stereocenters. The van der Waals surface area contributed by atoms with Crippen LogP contribution in [0.4, 0.5) is 10.1 Å². The summed E-state index contributed by atoms with van der Waals surface area (Å²) >= 11 is 0. The van der Waals surface area contributed by atoms with Crippen molar-refractivity contribution < 1.29 is 32.6 Å². The van der Waals surface area contributed by atoms with Gasteiger partial charge in [0.1, 0.15) is 11.7 Å². The average Bonchev–Trinajstić information content (AvgIpc) is 3.05. The quantitative estimate of drug-likeness (QED) is 0.512. The molecule has 0 aliphatic carbocycles. The molecule has 0 bridgehead atoms. The molecule has 0 spiro atoms. The summed E-state index contributed by atoms with van der Waals surface area (Å²) in [7, 11) is -3.46. The summed E-state index contributed by atoms with van der Waals surface area (Å²) in [6, 6.07) is 3.66. The number of benzene rings is 1. The van der Waals surface area contributed by atoms with Gasteiger partial charge in [0.2, 0.25) is 0 Å². The van der Waals surface area contributed by atoms with Crippen LogP contribution in [0.1, 0.15) is 0 Å². The van der Waals surface area contributed by atoms with Gasteiger partial charge >= 0.3 is 11.9 Å². The monoisotopic (exact) mass is 387 g/mol. The zero-order chi connectivity index (χ0) is 19.7. The Hall–Kier alpha value is -2.95. The minimum Gasteiger partial charge on any atom is -0.478 e. The van der Waals surface area contributed by atoms with Crippen molar-refractivity contribution in [1.29, 1.82) is 0 Å². The molecular weight excluding hydrogens is 369 g/mol. The third-order valence-electron chi connectivity index (χ3n) is 2.90. The van der Waals surface area contributed by atoms with Gasteiger partial charge in [0.05, 0.1) is 23.7 Å². The number of carboxylic acids is 2. The maximum absolute atomic E-state index is 13.1. The van der Waals surface area contributed by atoms with E-state index in [1.54, 1.807) is 0 Å². The number of carboxylic acid groups (broad SMARTS) is 2. The summed E-state index contributed by atoms with van der Waals surface area (Å²) in [5, 5.41) is 21.6. The lowest BCUT2D eigenvalue weighted by Gasteiger charge is -2.11. The number of hydrogen-bond acceptors (Lipinski definition) is 7. The third-order valence-corrected chi connectivity index (χ3v) is 4.04. The first-order valence-electron chi connectivity index (χ1n) is 7.24. The summed E-state index contributed by atoms with van der Waals surface area (Å²) in [5.74, 6) is -2.31. The molecule has 1 aromatic rings. The molecule has 2 rings (SSSR count). The molecule has 0 aromatic heterocycles. The van der Waals surface area contributed by atoms with E-state index in [2.05, 4.69) is 15.6 Å². The van der Waals surface area contributed by atoms with Crippen LogP contribution in [-0.4, -0.2) is 62.3 Å². The van der Waals surface area contributed by atoms with E-state index in [-0.39, 0.29) is 4.90 Å². The van der Waals surface area contributed by atoms with Crippen LogP contribution >= 0.6 is 0 Å². The highest BCUT2D eigenvalue weighted by molar-refractivity contribution is 7.90. The van der Waals surface area contributed by atoms with E-state index >= 15 is 0 Å². The molecule has 4 N–H and O–H groups in total. The Kier molecular flexibility index (Phi) is 7.72. The van der Waals surface area contributed by atoms with Crippen molar-refractivity contribution in [3.05, 3.63) is 36.2 Å². The lowest BCUT2D eigenvalue weighted by atomic mass is 10.3. The molecule has 1 aliphatic heterocycles. The number of nitrogens with zero attached hydrogens (tertiary/aromatic N) is 1. The predicted molar refractivity (Wildman–Crippen MR) is 92.7 cm³/mol. The van der Waals surface area contributed by atoms with E-state index in [1.807, 2.05) is 0 Å². The van der Waals surface area contributed by atoms with Crippen molar-refractivity contribution in [2.24, 2.45) is 4.99 Å². The van der Waals surface area contributed by atoms with Gasteiger partial charge in [0, 0.05) is 25.0 Å². The van der Waals surface area contributed by atoms with E-state index in [1.165, 1.54) is 12.1 Å². The van der Waals surface area contributed by atoms with Crippen LogP contribution in [0.3, 0.4) is 0 Å². The van der Waals surface area contributed by atoms with Gasteiger partial charge in [0.15, 0.2) is 9.84 Å². The maximum atomic E-state index is 13.1. The van der Waals surface area contributed by atoms with E-state index in [4.69, 9.17) is 10.2 Å². The summed E-state index contributed by atoms with van der Waals surface area (Å²) in [6.07, 6.45) is 2.17. The number of sulfone groups is 1. The SMILES string of the molecule is CS(=O)(=O)c1cc(F)ccc1NCC1=NCCN1.O=C(O)C=CC(=O)O. The van der Waals surface area contributed by atoms with E-state index in [0.29, 0.717) is 24.4 Å². The van der Waals surface area contributed by atoms with Crippen LogP contribution in [0.5, 0.6) is 0 Å². The van der Waals surface area contributed by atoms with Crippen LogP contribution in [0.2, 0.25) is 0 Å². The Morgan fingerprint density at radius 3 is 2.38 bits per heavy atom. The molecule has 0 saturated carbocycles. The number of aliphatic imine (C=N–C) groups is 1. The number of hydrogen-bond donors (Lipinski definition) is 4. The zero-order valence-electron chi connectivity index (χ0n) is 13.8. The summed E-state index contributed by atoms with van der Waals surface area (Å²) in [5.41, 5.74) is 0.385. The second-order valence-corrected chi connectivity index (χ2v) is 7.02. The molecule has 11 heteroatoms. The number of aliphatic carboxylic acids is 2. The van der Waals surface area contributed by atoms with Crippen LogP contribution in [0.25, 0.3) is 0 Å². The Morgan fingerprint density at radius 1 is 1.31 bits per heavy atom. The van der Waals surface area contributed by atoms with Crippen molar-refractivity contribution >= 4 is 33.3 Å². The van der Waals surface area contributed by atoms with Gasteiger partial charge in [-0.2, -0.15) is 0 Å². The summed E-state index contributed by atoms with van der Waals surface area (Å²) in [4.78, 5) is 23.2. The number of rotatable bonds is 6. The first kappa shape index (κ1) is 21.1. The molecule has 26 heavy (non-hydrogen) atoms. The second kappa shape index (κ2) is 9.51. The van der Waals surface area contributed by atoms with Crippen molar-refractivity contribution in [2.45, 2.75) is 4.90 Å². The van der Waals surface area contributed by atoms with Crippen LogP contribution < -0.4 is 10.6 Å². The zero-order valence-corrected chi connectivity index (χ0v) is 14.6. The molecule has 0 amide bonds. The van der Waals surface area contributed by atoms with Crippen molar-refractivity contribution in [1.82, 2.24) is 5.32 Å². The summed E-state index contributed by atoms with van der Waals surface area (Å²) < 4.78 is 36.2. The second-order valence-electron chi connectivity index (χ2n) is 5.03. The van der Waals surface area contributed by atoms with Gasteiger partial charge in [-0.15, -0.1) is 0 Å². The average molecular weight is 387 g/mol. The third kappa shape index (κ3) is 7.75. The molecule has 0 radical (unpaired) electrons. The number of anilines is 1. The highest BCUT2D eigenvalue weighted by Crippen LogP contribution is 2.22. The molecule has 0 fully saturated rings. The molecule has 0 saturated heterocycles. The fourth-order valence-electron chi connectivity index (χ4n) is 1.84. The molecule has 1 heterocycles. The van der Waals surface area contributed by atoms with Gasteiger partial charge in [0.25, 0.3) is 0 Å². The van der Waals surface area contributed by atoms with E-state index in [0.717, 1.165) is 31.2 Å². The molecule has 142 valence electrons.